The molecule has 0 fully saturated rings. The van der Waals surface area contributed by atoms with Crippen molar-refractivity contribution in [3.05, 3.63) is 71.6 Å². The van der Waals surface area contributed by atoms with Gasteiger partial charge in [-0.2, -0.15) is 0 Å². The second-order valence-corrected chi connectivity index (χ2v) is 10.4. The summed E-state index contributed by atoms with van der Waals surface area (Å²) < 4.78 is 11.2. The molecule has 0 radical (unpaired) electrons. The van der Waals surface area contributed by atoms with Gasteiger partial charge in [0.1, 0.15) is 16.5 Å². The molecule has 0 bridgehead atoms. The maximum Gasteiger partial charge on any atom is 0.325 e. The number of hydrogen-bond donors (Lipinski definition) is 4. The minimum absolute atomic E-state index is 0.135. The number of nitrogens with one attached hydrogen (secondary N) is 4. The highest BCUT2D eigenvalue weighted by Gasteiger charge is 2.20. The fourth-order valence-corrected chi connectivity index (χ4v) is 4.20. The van der Waals surface area contributed by atoms with Gasteiger partial charge in [0.15, 0.2) is 5.76 Å². The van der Waals surface area contributed by atoms with Crippen molar-refractivity contribution >= 4 is 51.1 Å². The number of benzene rings is 2. The predicted octanol–water partition coefficient (Wildman–Crippen LogP) is 5.90. The van der Waals surface area contributed by atoms with Crippen LogP contribution in [0.2, 0.25) is 0 Å². The van der Waals surface area contributed by atoms with Gasteiger partial charge in [0, 0.05) is 17.2 Å². The molecule has 0 saturated heterocycles. The van der Waals surface area contributed by atoms with E-state index in [1.807, 2.05) is 26.8 Å². The fourth-order valence-electron chi connectivity index (χ4n) is 3.41. The number of imidazole rings is 1. The number of aromatic amines is 1. The van der Waals surface area contributed by atoms with E-state index in [1.165, 1.54) is 17.6 Å². The van der Waals surface area contributed by atoms with Gasteiger partial charge in [0.05, 0.1) is 17.3 Å². The summed E-state index contributed by atoms with van der Waals surface area (Å²) in [6.45, 7) is 6.11. The zero-order valence-corrected chi connectivity index (χ0v) is 21.7. The Kier molecular flexibility index (Phi) is 6.79. The lowest BCUT2D eigenvalue weighted by Crippen LogP contribution is -2.19. The SMILES string of the molecule is CC(C)(C)c1nnc(NC(=O)Nc2ccc(Oc3ccc4nc(NC(=O)C5=CCC=CO5)[nH]c4c3)cc2)s1. The molecule has 1 aliphatic heterocycles. The first kappa shape index (κ1) is 25.0. The molecule has 3 heterocycles. The van der Waals surface area contributed by atoms with Gasteiger partial charge < -0.3 is 19.8 Å². The number of amides is 3. The van der Waals surface area contributed by atoms with Crippen LogP contribution in [0.25, 0.3) is 11.0 Å². The zero-order valence-electron chi connectivity index (χ0n) is 20.9. The van der Waals surface area contributed by atoms with Gasteiger partial charge >= 0.3 is 6.03 Å². The lowest BCUT2D eigenvalue weighted by Gasteiger charge is -2.12. The summed E-state index contributed by atoms with van der Waals surface area (Å²) in [6.07, 6.45) is 5.62. The lowest BCUT2D eigenvalue weighted by molar-refractivity contribution is -0.115. The van der Waals surface area contributed by atoms with Crippen LogP contribution in [0.4, 0.5) is 21.6 Å². The molecular formula is C26H25N7O4S. The highest BCUT2D eigenvalue weighted by Crippen LogP contribution is 2.29. The monoisotopic (exact) mass is 531 g/mol. The van der Waals surface area contributed by atoms with E-state index in [1.54, 1.807) is 48.5 Å². The number of urea groups is 1. The van der Waals surface area contributed by atoms with E-state index in [0.29, 0.717) is 45.7 Å². The summed E-state index contributed by atoms with van der Waals surface area (Å²) >= 11 is 1.34. The number of allylic oxidation sites excluding steroid dienone is 2. The first-order chi connectivity index (χ1) is 18.2. The van der Waals surface area contributed by atoms with Crippen LogP contribution in [0.5, 0.6) is 11.5 Å². The van der Waals surface area contributed by atoms with Crippen molar-refractivity contribution in [2.24, 2.45) is 0 Å². The Morgan fingerprint density at radius 3 is 2.53 bits per heavy atom. The number of ether oxygens (including phenoxy) is 2. The van der Waals surface area contributed by atoms with Gasteiger partial charge in [0.2, 0.25) is 11.1 Å². The van der Waals surface area contributed by atoms with E-state index in [4.69, 9.17) is 9.47 Å². The van der Waals surface area contributed by atoms with Crippen molar-refractivity contribution in [3.8, 4) is 11.5 Å². The Morgan fingerprint density at radius 1 is 1.03 bits per heavy atom. The molecule has 12 heteroatoms. The summed E-state index contributed by atoms with van der Waals surface area (Å²) in [5.74, 6) is 1.30. The molecule has 4 aromatic rings. The molecule has 0 unspecified atom stereocenters. The predicted molar refractivity (Wildman–Crippen MR) is 145 cm³/mol. The fraction of sp³-hybridized carbons (Fsp3) is 0.192. The molecule has 0 saturated carbocycles. The molecule has 0 atom stereocenters. The zero-order chi connectivity index (χ0) is 26.7. The summed E-state index contributed by atoms with van der Waals surface area (Å²) in [5.41, 5.74) is 1.82. The van der Waals surface area contributed by atoms with Crippen LogP contribution >= 0.6 is 11.3 Å². The Labute approximate surface area is 222 Å². The average Bonchev–Trinajstić information content (AvgIpc) is 3.52. The number of carbonyl (C=O) groups excluding carboxylic acids is 2. The van der Waals surface area contributed by atoms with Gasteiger partial charge in [-0.05, 0) is 55.0 Å². The molecule has 1 aliphatic rings. The Morgan fingerprint density at radius 2 is 1.82 bits per heavy atom. The Hall–Kier alpha value is -4.71. The third kappa shape index (κ3) is 5.98. The van der Waals surface area contributed by atoms with Crippen LogP contribution < -0.4 is 20.7 Å². The molecule has 11 nitrogen and oxygen atoms in total. The number of aromatic nitrogens is 4. The largest absolute Gasteiger partial charge is 0.460 e. The third-order valence-electron chi connectivity index (χ3n) is 5.27. The van der Waals surface area contributed by atoms with Crippen molar-refractivity contribution in [2.45, 2.75) is 32.6 Å². The molecule has 0 spiro atoms. The molecule has 2 aromatic carbocycles. The summed E-state index contributed by atoms with van der Waals surface area (Å²) in [6, 6.07) is 11.9. The van der Waals surface area contributed by atoms with Gasteiger partial charge in [-0.1, -0.05) is 32.1 Å². The van der Waals surface area contributed by atoms with E-state index < -0.39 is 6.03 Å². The summed E-state index contributed by atoms with van der Waals surface area (Å²) in [4.78, 5) is 32.1. The number of rotatable bonds is 6. The first-order valence-corrected chi connectivity index (χ1v) is 12.6. The molecule has 0 aliphatic carbocycles. The van der Waals surface area contributed by atoms with Crippen molar-refractivity contribution in [1.29, 1.82) is 0 Å². The number of H-pyrrole nitrogens is 1. The maximum absolute atomic E-state index is 12.3. The van der Waals surface area contributed by atoms with Crippen molar-refractivity contribution < 1.29 is 19.1 Å². The molecule has 3 amide bonds. The van der Waals surface area contributed by atoms with Gasteiger partial charge in [-0.3, -0.25) is 15.4 Å². The van der Waals surface area contributed by atoms with E-state index in [2.05, 4.69) is 36.1 Å². The van der Waals surface area contributed by atoms with Gasteiger partial charge in [0.25, 0.3) is 5.91 Å². The molecule has 4 N–H and O–H groups in total. The number of fused-ring (bicyclic) bond motifs is 1. The quantitative estimate of drug-likeness (QED) is 0.242. The van der Waals surface area contributed by atoms with Crippen LogP contribution in [0, 0.1) is 0 Å². The maximum atomic E-state index is 12.3. The van der Waals surface area contributed by atoms with Crippen LogP contribution in [-0.2, 0) is 14.9 Å². The first-order valence-electron chi connectivity index (χ1n) is 11.8. The van der Waals surface area contributed by atoms with E-state index in [-0.39, 0.29) is 17.1 Å². The normalized spacial score (nSPS) is 13.0. The minimum atomic E-state index is -0.411. The molecule has 5 rings (SSSR count). The van der Waals surface area contributed by atoms with Gasteiger partial charge in [-0.15, -0.1) is 10.2 Å². The smallest absolute Gasteiger partial charge is 0.325 e. The Balaban J connectivity index is 1.18. The second kappa shape index (κ2) is 10.3. The Bertz CT molecular complexity index is 1550. The topological polar surface area (TPSA) is 143 Å². The highest BCUT2D eigenvalue weighted by molar-refractivity contribution is 7.15. The van der Waals surface area contributed by atoms with Gasteiger partial charge in [-0.25, -0.2) is 9.78 Å². The third-order valence-corrected chi connectivity index (χ3v) is 6.54. The number of anilines is 3. The van der Waals surface area contributed by atoms with Crippen LogP contribution in [0.1, 0.15) is 32.2 Å². The summed E-state index contributed by atoms with van der Waals surface area (Å²) in [7, 11) is 0. The molecule has 194 valence electrons. The molecule has 2 aromatic heterocycles. The molecule has 38 heavy (non-hydrogen) atoms. The van der Waals surface area contributed by atoms with Crippen molar-refractivity contribution in [1.82, 2.24) is 20.2 Å². The van der Waals surface area contributed by atoms with Crippen LogP contribution in [0.15, 0.2) is 66.6 Å². The van der Waals surface area contributed by atoms with Crippen LogP contribution in [-0.4, -0.2) is 32.1 Å². The number of hydrogen-bond acceptors (Lipinski definition) is 8. The highest BCUT2D eigenvalue weighted by atomic mass is 32.1. The van der Waals surface area contributed by atoms with Crippen molar-refractivity contribution in [2.75, 3.05) is 16.0 Å². The van der Waals surface area contributed by atoms with E-state index >= 15 is 0 Å². The van der Waals surface area contributed by atoms with Crippen LogP contribution in [0.3, 0.4) is 0 Å². The average molecular weight is 532 g/mol. The molecular weight excluding hydrogens is 506 g/mol. The minimum Gasteiger partial charge on any atom is -0.460 e. The summed E-state index contributed by atoms with van der Waals surface area (Å²) in [5, 5.41) is 17.6. The number of nitrogens with zero attached hydrogens (tertiary/aromatic N) is 3. The van der Waals surface area contributed by atoms with E-state index in [9.17, 15) is 9.59 Å². The lowest BCUT2D eigenvalue weighted by atomic mass is 9.98. The standard InChI is InChI=1S/C26H25N7O4S/c1-26(2,3)22-32-33-25(38-22)31-24(35)27-15-7-9-16(10-8-15)37-17-11-12-18-19(14-17)29-23(28-18)30-21(34)20-6-4-5-13-36-20/h5-14H,4H2,1-3H3,(H2,27,31,33,35)(H2,28,29,30,34). The van der Waals surface area contributed by atoms with Crippen molar-refractivity contribution in [3.63, 3.8) is 0 Å². The van der Waals surface area contributed by atoms with E-state index in [0.717, 1.165) is 5.01 Å². The second-order valence-electron chi connectivity index (χ2n) is 9.38. The number of carbonyl (C=O) groups is 2.